The van der Waals surface area contributed by atoms with Crippen LogP contribution in [0.1, 0.15) is 32.6 Å². The fourth-order valence-corrected chi connectivity index (χ4v) is 5.49. The molecule has 1 fully saturated rings. The van der Waals surface area contributed by atoms with Gasteiger partial charge in [0.15, 0.2) is 14.6 Å². The van der Waals surface area contributed by atoms with E-state index in [-0.39, 0.29) is 31.0 Å². The first-order valence-corrected chi connectivity index (χ1v) is 11.5. The number of hydrogen-bond acceptors (Lipinski definition) is 6. The van der Waals surface area contributed by atoms with Gasteiger partial charge in [-0.05, 0) is 54.7 Å². The number of nitrogens with one attached hydrogen (secondary N) is 1. The summed E-state index contributed by atoms with van der Waals surface area (Å²) in [5.74, 6) is -0.128. The number of benzene rings is 2. The summed E-state index contributed by atoms with van der Waals surface area (Å²) in [6.07, 6.45) is 2.05. The molecule has 0 saturated carbocycles. The van der Waals surface area contributed by atoms with Crippen molar-refractivity contribution in [3.8, 4) is 16.9 Å². The molecule has 0 radical (unpaired) electrons. The Labute approximate surface area is 176 Å². The fourth-order valence-electron chi connectivity index (χ4n) is 3.55. The van der Waals surface area contributed by atoms with Gasteiger partial charge in [0.05, 0.1) is 11.5 Å². The van der Waals surface area contributed by atoms with Gasteiger partial charge in [-0.15, -0.1) is 0 Å². The highest BCUT2D eigenvalue weighted by molar-refractivity contribution is 7.93. The van der Waals surface area contributed by atoms with Gasteiger partial charge in [-0.2, -0.15) is 0 Å². The van der Waals surface area contributed by atoms with Crippen molar-refractivity contribution in [2.75, 3.05) is 19.8 Å². The van der Waals surface area contributed by atoms with Crippen LogP contribution >= 0.6 is 0 Å². The minimum absolute atomic E-state index is 0.0109. The van der Waals surface area contributed by atoms with Crippen molar-refractivity contribution in [1.82, 2.24) is 5.48 Å². The zero-order chi connectivity index (χ0) is 21.6. The van der Waals surface area contributed by atoms with Crippen molar-refractivity contribution in [3.63, 3.8) is 0 Å². The molecule has 7 nitrogen and oxygen atoms in total. The molecule has 1 aliphatic rings. The Bertz CT molecular complexity index is 948. The Hall–Kier alpha value is -2.42. The summed E-state index contributed by atoms with van der Waals surface area (Å²) in [6, 6.07) is 14.0. The van der Waals surface area contributed by atoms with Gasteiger partial charge < -0.3 is 9.47 Å². The molecule has 0 bridgehead atoms. The lowest BCUT2D eigenvalue weighted by molar-refractivity contribution is -0.134. The minimum Gasteiger partial charge on any atom is -0.494 e. The minimum atomic E-state index is -4.03. The van der Waals surface area contributed by atoms with Crippen molar-refractivity contribution >= 4 is 15.7 Å². The molecule has 8 heteroatoms. The Kier molecular flexibility index (Phi) is 7.12. The summed E-state index contributed by atoms with van der Waals surface area (Å²) < 4.78 is 35.7. The fraction of sp³-hybridized carbons (Fsp3) is 0.409. The predicted molar refractivity (Wildman–Crippen MR) is 112 cm³/mol. The van der Waals surface area contributed by atoms with E-state index in [1.165, 1.54) is 17.6 Å². The summed E-state index contributed by atoms with van der Waals surface area (Å²) in [4.78, 5) is 12.4. The first kappa shape index (κ1) is 22.3. The molecule has 30 heavy (non-hydrogen) atoms. The quantitative estimate of drug-likeness (QED) is 0.376. The second-order valence-electron chi connectivity index (χ2n) is 7.30. The number of ether oxygens (including phenoxy) is 2. The predicted octanol–water partition coefficient (Wildman–Crippen LogP) is 3.36. The number of hydroxylamine groups is 1. The molecule has 3 rings (SSSR count). The second-order valence-corrected chi connectivity index (χ2v) is 9.56. The largest absolute Gasteiger partial charge is 0.494 e. The van der Waals surface area contributed by atoms with Gasteiger partial charge >= 0.3 is 0 Å². The Balaban J connectivity index is 1.83. The SMILES string of the molecule is CCCCOc1ccc(-c2ccc(S(=O)(=O)C3(C(=O)NO)CCOCC3)cc2)cc1. The first-order valence-electron chi connectivity index (χ1n) is 10.0. The van der Waals surface area contributed by atoms with Crippen LogP contribution in [0, 0.1) is 0 Å². The van der Waals surface area contributed by atoms with Gasteiger partial charge in [0.1, 0.15) is 5.75 Å². The van der Waals surface area contributed by atoms with Crippen LogP contribution in [0.4, 0.5) is 0 Å². The van der Waals surface area contributed by atoms with E-state index in [1.807, 2.05) is 24.3 Å². The molecule has 0 atom stereocenters. The maximum Gasteiger partial charge on any atom is 0.265 e. The molecule has 1 heterocycles. The van der Waals surface area contributed by atoms with Gasteiger partial charge in [0.2, 0.25) is 0 Å². The third-order valence-corrected chi connectivity index (χ3v) is 7.96. The Morgan fingerprint density at radius 2 is 1.63 bits per heavy atom. The molecule has 2 aromatic carbocycles. The van der Waals surface area contributed by atoms with Crippen LogP contribution in [0.5, 0.6) is 5.75 Å². The molecule has 0 aromatic heterocycles. The van der Waals surface area contributed by atoms with Gasteiger partial charge in [-0.3, -0.25) is 10.0 Å². The van der Waals surface area contributed by atoms with E-state index in [1.54, 1.807) is 12.1 Å². The Morgan fingerprint density at radius 1 is 1.07 bits per heavy atom. The lowest BCUT2D eigenvalue weighted by Gasteiger charge is -2.34. The van der Waals surface area contributed by atoms with Crippen LogP contribution in [0.3, 0.4) is 0 Å². The second kappa shape index (κ2) is 9.59. The summed E-state index contributed by atoms with van der Waals surface area (Å²) in [6.45, 7) is 3.06. The third kappa shape index (κ3) is 4.35. The number of carbonyl (C=O) groups is 1. The van der Waals surface area contributed by atoms with Crippen molar-refractivity contribution in [3.05, 3.63) is 48.5 Å². The van der Waals surface area contributed by atoms with Crippen LogP contribution < -0.4 is 10.2 Å². The van der Waals surface area contributed by atoms with Crippen molar-refractivity contribution in [2.24, 2.45) is 0 Å². The maximum atomic E-state index is 13.3. The molecule has 0 aliphatic carbocycles. The van der Waals surface area contributed by atoms with Crippen LogP contribution in [0.2, 0.25) is 0 Å². The van der Waals surface area contributed by atoms with E-state index in [4.69, 9.17) is 14.7 Å². The van der Waals surface area contributed by atoms with Crippen molar-refractivity contribution in [2.45, 2.75) is 42.2 Å². The molecule has 0 unspecified atom stereocenters. The molecule has 0 spiro atoms. The number of amides is 1. The molecule has 1 aliphatic heterocycles. The summed E-state index contributed by atoms with van der Waals surface area (Å²) in [5.41, 5.74) is 3.30. The van der Waals surface area contributed by atoms with Gasteiger partial charge in [-0.1, -0.05) is 37.6 Å². The molecule has 2 aromatic rings. The summed E-state index contributed by atoms with van der Waals surface area (Å²) >= 11 is 0. The van der Waals surface area contributed by atoms with Crippen LogP contribution in [-0.4, -0.2) is 44.1 Å². The van der Waals surface area contributed by atoms with Crippen LogP contribution in [0.25, 0.3) is 11.1 Å². The smallest absolute Gasteiger partial charge is 0.265 e. The van der Waals surface area contributed by atoms with E-state index >= 15 is 0 Å². The lowest BCUT2D eigenvalue weighted by Crippen LogP contribution is -2.54. The summed E-state index contributed by atoms with van der Waals surface area (Å²) in [5, 5.41) is 9.13. The first-order chi connectivity index (χ1) is 14.4. The average molecular weight is 434 g/mol. The van der Waals surface area contributed by atoms with Gasteiger partial charge in [-0.25, -0.2) is 13.9 Å². The molecule has 162 valence electrons. The Morgan fingerprint density at radius 3 is 2.17 bits per heavy atom. The number of rotatable bonds is 8. The number of unbranched alkanes of at least 4 members (excludes halogenated alkanes) is 1. The molecule has 2 N–H and O–H groups in total. The van der Waals surface area contributed by atoms with Gasteiger partial charge in [0.25, 0.3) is 5.91 Å². The molecular weight excluding hydrogens is 406 g/mol. The van der Waals surface area contributed by atoms with E-state index in [0.717, 1.165) is 29.7 Å². The number of sulfone groups is 1. The summed E-state index contributed by atoms with van der Waals surface area (Å²) in [7, 11) is -4.03. The highest BCUT2D eigenvalue weighted by atomic mass is 32.2. The monoisotopic (exact) mass is 433 g/mol. The average Bonchev–Trinajstić information content (AvgIpc) is 2.79. The van der Waals surface area contributed by atoms with Crippen molar-refractivity contribution in [1.29, 1.82) is 0 Å². The van der Waals surface area contributed by atoms with Crippen molar-refractivity contribution < 1.29 is 27.9 Å². The maximum absolute atomic E-state index is 13.3. The topological polar surface area (TPSA) is 102 Å². The van der Waals surface area contributed by atoms with E-state index in [0.29, 0.717) is 6.61 Å². The van der Waals surface area contributed by atoms with Crippen LogP contribution in [0.15, 0.2) is 53.4 Å². The number of carbonyl (C=O) groups excluding carboxylic acids is 1. The number of hydrogen-bond donors (Lipinski definition) is 2. The third-order valence-electron chi connectivity index (χ3n) is 5.45. The molecule has 1 amide bonds. The highest BCUT2D eigenvalue weighted by Gasteiger charge is 2.52. The standard InChI is InChI=1S/C22H27NO6S/c1-2-3-14-29-19-8-4-17(5-9-19)18-6-10-20(11-7-18)30(26,27)22(21(24)23-25)12-15-28-16-13-22/h4-11,25H,2-3,12-16H2,1H3,(H,23,24). The van der Waals surface area contributed by atoms with Gasteiger partial charge in [0, 0.05) is 13.2 Å². The highest BCUT2D eigenvalue weighted by Crippen LogP contribution is 2.36. The zero-order valence-electron chi connectivity index (χ0n) is 17.0. The molecular formula is C22H27NO6S. The normalized spacial score (nSPS) is 16.1. The van der Waals surface area contributed by atoms with Crippen LogP contribution in [-0.2, 0) is 19.4 Å². The van der Waals surface area contributed by atoms with E-state index < -0.39 is 20.5 Å². The van der Waals surface area contributed by atoms with E-state index in [9.17, 15) is 13.2 Å². The zero-order valence-corrected chi connectivity index (χ0v) is 17.8. The lowest BCUT2D eigenvalue weighted by atomic mass is 9.98. The molecule has 1 saturated heterocycles. The van der Waals surface area contributed by atoms with E-state index in [2.05, 4.69) is 6.92 Å².